The zero-order valence-electron chi connectivity index (χ0n) is 4.37. The Hall–Kier alpha value is -0.770. The average molecular weight is 234 g/mol. The summed E-state index contributed by atoms with van der Waals surface area (Å²) < 4.78 is 4.26. The fourth-order valence-corrected chi connectivity index (χ4v) is 0.844. The quantitative estimate of drug-likeness (QED) is 0.573. The number of hydrogen-bond acceptors (Lipinski definition) is 3. The van der Waals surface area contributed by atoms with Crippen molar-refractivity contribution in [1.82, 2.24) is 9.66 Å². The molecule has 0 bridgehead atoms. The van der Waals surface area contributed by atoms with Crippen molar-refractivity contribution in [3.05, 3.63) is 18.2 Å². The minimum atomic E-state index is 0.365. The summed E-state index contributed by atoms with van der Waals surface area (Å²) in [7, 11) is 0. The Morgan fingerprint density at radius 1 is 1.89 bits per heavy atom. The van der Waals surface area contributed by atoms with Gasteiger partial charge >= 0.3 is 0 Å². The lowest BCUT2D eigenvalue weighted by Gasteiger charge is -1.94. The van der Waals surface area contributed by atoms with Crippen LogP contribution in [0, 0.1) is 11.3 Å². The minimum Gasteiger partial charge on any atom is -0.264 e. The van der Waals surface area contributed by atoms with Crippen LogP contribution in [0.5, 0.6) is 0 Å². The third-order valence-electron chi connectivity index (χ3n) is 0.832. The number of imidazole rings is 1. The molecule has 0 aliphatic rings. The first kappa shape index (κ1) is 6.35. The molecule has 0 unspecified atom stereocenters. The van der Waals surface area contributed by atoms with Gasteiger partial charge in [0.05, 0.1) is 22.9 Å². The van der Waals surface area contributed by atoms with Crippen molar-refractivity contribution in [2.45, 2.75) is 0 Å². The molecule has 0 saturated heterocycles. The predicted octanol–water partition coefficient (Wildman–Crippen LogP) is 0.648. The van der Waals surface area contributed by atoms with Crippen LogP contribution >= 0.6 is 22.9 Å². The second-order valence-electron chi connectivity index (χ2n) is 1.32. The Morgan fingerprint density at radius 2 is 2.67 bits per heavy atom. The summed E-state index contributed by atoms with van der Waals surface area (Å²) >= 11 is 1.92. The Labute approximate surface area is 66.0 Å². The number of hydrogen-bond donors (Lipinski definition) is 1. The second-order valence-corrected chi connectivity index (χ2v) is 1.80. The number of halogens is 1. The molecule has 0 spiro atoms. The van der Waals surface area contributed by atoms with Crippen molar-refractivity contribution in [3.8, 4) is 6.07 Å². The smallest absolute Gasteiger partial charge is 0.231 e. The first-order valence-electron chi connectivity index (χ1n) is 2.18. The Morgan fingerprint density at radius 3 is 3.11 bits per heavy atom. The molecule has 0 atom stereocenters. The monoisotopic (exact) mass is 234 g/mol. The van der Waals surface area contributed by atoms with Gasteiger partial charge in [0.15, 0.2) is 0 Å². The summed E-state index contributed by atoms with van der Waals surface area (Å²) in [4.78, 5) is 3.74. The van der Waals surface area contributed by atoms with Crippen LogP contribution in [-0.2, 0) is 0 Å². The normalized spacial score (nSPS) is 8.44. The van der Waals surface area contributed by atoms with Gasteiger partial charge in [0.2, 0.25) is 5.82 Å². The van der Waals surface area contributed by atoms with Gasteiger partial charge in [-0.05, 0) is 0 Å². The standard InChI is InChI=1S/C4H3IN4/c5-8-9-2-1-7-4(9)3-6/h1-2,8H. The molecule has 0 fully saturated rings. The van der Waals surface area contributed by atoms with Gasteiger partial charge in [0, 0.05) is 12.4 Å². The van der Waals surface area contributed by atoms with E-state index in [1.165, 1.54) is 4.68 Å². The molecule has 0 aromatic carbocycles. The SMILES string of the molecule is N#Cc1nccn1NI. The van der Waals surface area contributed by atoms with Gasteiger partial charge in [-0.2, -0.15) is 5.26 Å². The molecule has 46 valence electrons. The lowest BCUT2D eigenvalue weighted by atomic mass is 10.7. The van der Waals surface area contributed by atoms with Crippen molar-refractivity contribution >= 4 is 22.9 Å². The molecular weight excluding hydrogens is 231 g/mol. The van der Waals surface area contributed by atoms with Crippen LogP contribution in [0.15, 0.2) is 12.4 Å². The van der Waals surface area contributed by atoms with E-state index in [0.29, 0.717) is 5.82 Å². The van der Waals surface area contributed by atoms with Crippen LogP contribution in [0.25, 0.3) is 0 Å². The fourth-order valence-electron chi connectivity index (χ4n) is 0.454. The molecule has 0 aliphatic heterocycles. The second kappa shape index (κ2) is 2.68. The third-order valence-corrected chi connectivity index (χ3v) is 1.35. The number of nitriles is 1. The van der Waals surface area contributed by atoms with Gasteiger partial charge in [0.1, 0.15) is 6.07 Å². The average Bonchev–Trinajstić information content (AvgIpc) is 2.33. The van der Waals surface area contributed by atoms with E-state index in [0.717, 1.165) is 0 Å². The van der Waals surface area contributed by atoms with Crippen LogP contribution in [0.2, 0.25) is 0 Å². The maximum absolute atomic E-state index is 8.36. The first-order valence-corrected chi connectivity index (χ1v) is 3.26. The van der Waals surface area contributed by atoms with E-state index >= 15 is 0 Å². The molecule has 0 aliphatic carbocycles. The number of aromatic nitrogens is 2. The third kappa shape index (κ3) is 1.13. The molecule has 9 heavy (non-hydrogen) atoms. The van der Waals surface area contributed by atoms with E-state index < -0.39 is 0 Å². The number of rotatable bonds is 1. The minimum absolute atomic E-state index is 0.365. The van der Waals surface area contributed by atoms with Gasteiger partial charge in [-0.25, -0.2) is 9.66 Å². The van der Waals surface area contributed by atoms with Crippen LogP contribution in [0.4, 0.5) is 0 Å². The van der Waals surface area contributed by atoms with Gasteiger partial charge in [-0.3, -0.25) is 3.64 Å². The highest BCUT2D eigenvalue weighted by molar-refractivity contribution is 14.1. The lowest BCUT2D eigenvalue weighted by Crippen LogP contribution is -2.03. The molecule has 5 heteroatoms. The van der Waals surface area contributed by atoms with E-state index in [1.54, 1.807) is 12.4 Å². The van der Waals surface area contributed by atoms with Crippen molar-refractivity contribution in [2.24, 2.45) is 0 Å². The zero-order chi connectivity index (χ0) is 6.69. The van der Waals surface area contributed by atoms with E-state index in [-0.39, 0.29) is 0 Å². The van der Waals surface area contributed by atoms with Gasteiger partial charge in [0.25, 0.3) is 0 Å². The van der Waals surface area contributed by atoms with Gasteiger partial charge < -0.3 is 0 Å². The molecule has 0 saturated carbocycles. The molecule has 1 aromatic heterocycles. The summed E-state index contributed by atoms with van der Waals surface area (Å²) in [6.07, 6.45) is 3.23. The highest BCUT2D eigenvalue weighted by atomic mass is 127. The molecule has 0 amide bonds. The summed E-state index contributed by atoms with van der Waals surface area (Å²) in [5.74, 6) is 0.365. The van der Waals surface area contributed by atoms with E-state index in [9.17, 15) is 0 Å². The summed E-state index contributed by atoms with van der Waals surface area (Å²) in [6.45, 7) is 0. The zero-order valence-corrected chi connectivity index (χ0v) is 6.53. The highest BCUT2D eigenvalue weighted by Crippen LogP contribution is 1.92. The van der Waals surface area contributed by atoms with Crippen LogP contribution in [-0.4, -0.2) is 9.66 Å². The van der Waals surface area contributed by atoms with Crippen LogP contribution in [0.1, 0.15) is 5.82 Å². The summed E-state index contributed by atoms with van der Waals surface area (Å²) in [6, 6.07) is 1.91. The fraction of sp³-hybridized carbons (Fsp3) is 0. The topological polar surface area (TPSA) is 53.6 Å². The summed E-state index contributed by atoms with van der Waals surface area (Å²) in [5.41, 5.74) is 0. The number of nitrogens with zero attached hydrogens (tertiary/aromatic N) is 3. The largest absolute Gasteiger partial charge is 0.264 e. The summed E-state index contributed by atoms with van der Waals surface area (Å²) in [5, 5.41) is 8.36. The Bertz CT molecular complexity index is 235. The maximum atomic E-state index is 8.36. The molecule has 0 radical (unpaired) electrons. The van der Waals surface area contributed by atoms with Gasteiger partial charge in [-0.1, -0.05) is 0 Å². The predicted molar refractivity (Wildman–Crippen MR) is 40.3 cm³/mol. The highest BCUT2D eigenvalue weighted by Gasteiger charge is 1.95. The molecular formula is C4H3IN4. The van der Waals surface area contributed by atoms with Crippen LogP contribution < -0.4 is 3.64 Å². The van der Waals surface area contributed by atoms with Gasteiger partial charge in [-0.15, -0.1) is 0 Å². The molecule has 1 rings (SSSR count). The van der Waals surface area contributed by atoms with E-state index in [1.807, 2.05) is 28.9 Å². The Kier molecular flexibility index (Phi) is 1.89. The van der Waals surface area contributed by atoms with Crippen molar-refractivity contribution in [1.29, 1.82) is 5.26 Å². The maximum Gasteiger partial charge on any atom is 0.231 e. The lowest BCUT2D eigenvalue weighted by molar-refractivity contribution is 0.983. The van der Waals surface area contributed by atoms with Crippen molar-refractivity contribution in [2.75, 3.05) is 3.64 Å². The molecule has 1 N–H and O–H groups in total. The number of nitrogens with one attached hydrogen (secondary N) is 1. The first-order chi connectivity index (χ1) is 4.38. The van der Waals surface area contributed by atoms with Crippen molar-refractivity contribution < 1.29 is 0 Å². The van der Waals surface area contributed by atoms with Crippen LogP contribution in [0.3, 0.4) is 0 Å². The molecule has 1 heterocycles. The van der Waals surface area contributed by atoms with E-state index in [4.69, 9.17) is 5.26 Å². The molecule has 4 nitrogen and oxygen atoms in total. The van der Waals surface area contributed by atoms with Crippen molar-refractivity contribution in [3.63, 3.8) is 0 Å². The van der Waals surface area contributed by atoms with E-state index in [2.05, 4.69) is 8.62 Å². The molecule has 1 aromatic rings. The Balaban J connectivity index is 3.02.